The highest BCUT2D eigenvalue weighted by molar-refractivity contribution is 5.50. The molecule has 0 heterocycles. The second-order valence-corrected chi connectivity index (χ2v) is 8.33. The predicted octanol–water partition coefficient (Wildman–Crippen LogP) is 3.86. The van der Waals surface area contributed by atoms with Crippen molar-refractivity contribution < 1.29 is 14.9 Å². The molecule has 126 valence electrons. The lowest BCUT2D eigenvalue weighted by Crippen LogP contribution is -2.46. The van der Waals surface area contributed by atoms with Crippen molar-refractivity contribution >= 4 is 0 Å². The third-order valence-electron chi connectivity index (χ3n) is 7.28. The number of phenols is 1. The Morgan fingerprint density at radius 3 is 2.74 bits per heavy atom. The SMILES string of the molecule is COc1cc(O)cc2c1[C@H]1CC[C@]3(C)[C@@H](O)CC[C@H]3[C@@H]1C(C)C2. The molecule has 4 rings (SSSR count). The summed E-state index contributed by atoms with van der Waals surface area (Å²) in [5.74, 6) is 3.49. The van der Waals surface area contributed by atoms with Gasteiger partial charge in [0.2, 0.25) is 0 Å². The van der Waals surface area contributed by atoms with E-state index < -0.39 is 0 Å². The number of benzene rings is 1. The molecule has 0 aliphatic heterocycles. The summed E-state index contributed by atoms with van der Waals surface area (Å²) < 4.78 is 5.63. The Bertz CT molecular complexity index is 626. The largest absolute Gasteiger partial charge is 0.508 e. The average Bonchev–Trinajstić information content (AvgIpc) is 2.81. The molecule has 3 aliphatic rings. The van der Waals surface area contributed by atoms with Crippen molar-refractivity contribution in [3.8, 4) is 11.5 Å². The standard InChI is InChI=1S/C20H28O3/c1-11-8-12-9-13(21)10-16(23-3)19(12)14-6-7-20(2)15(18(11)14)4-5-17(20)22/h9-11,14-15,17-18,21-22H,4-8H2,1-3H3/t11?,14-,15-,17-,18+,20-/m0/s1. The first kappa shape index (κ1) is 15.3. The minimum absolute atomic E-state index is 0.0943. The topological polar surface area (TPSA) is 49.7 Å². The summed E-state index contributed by atoms with van der Waals surface area (Å²) in [7, 11) is 1.70. The van der Waals surface area contributed by atoms with Crippen LogP contribution in [0.2, 0.25) is 0 Å². The lowest BCUT2D eigenvalue weighted by atomic mass is 9.52. The quantitative estimate of drug-likeness (QED) is 0.827. The Hall–Kier alpha value is -1.22. The van der Waals surface area contributed by atoms with Crippen molar-refractivity contribution in [2.45, 2.75) is 58.0 Å². The summed E-state index contributed by atoms with van der Waals surface area (Å²) in [6.45, 7) is 4.66. The molecule has 0 radical (unpaired) electrons. The first-order chi connectivity index (χ1) is 11.0. The van der Waals surface area contributed by atoms with Crippen LogP contribution in [0.1, 0.15) is 56.6 Å². The fourth-order valence-electron chi connectivity index (χ4n) is 6.21. The highest BCUT2D eigenvalue weighted by atomic mass is 16.5. The van der Waals surface area contributed by atoms with Crippen molar-refractivity contribution in [1.82, 2.24) is 0 Å². The van der Waals surface area contributed by atoms with Gasteiger partial charge in [-0.1, -0.05) is 13.8 Å². The van der Waals surface area contributed by atoms with Gasteiger partial charge in [0.05, 0.1) is 13.2 Å². The molecule has 0 amide bonds. The third-order valence-corrected chi connectivity index (χ3v) is 7.28. The van der Waals surface area contributed by atoms with Crippen LogP contribution in [0.25, 0.3) is 0 Å². The third kappa shape index (κ3) is 2.05. The summed E-state index contributed by atoms with van der Waals surface area (Å²) in [6, 6.07) is 3.70. The van der Waals surface area contributed by atoms with Crippen LogP contribution in [0.3, 0.4) is 0 Å². The number of ether oxygens (including phenoxy) is 1. The van der Waals surface area contributed by atoms with Crippen molar-refractivity contribution in [2.75, 3.05) is 7.11 Å². The molecule has 0 bridgehead atoms. The Morgan fingerprint density at radius 1 is 1.22 bits per heavy atom. The molecule has 2 N–H and O–H groups in total. The summed E-state index contributed by atoms with van der Waals surface area (Å²) >= 11 is 0. The number of rotatable bonds is 1. The van der Waals surface area contributed by atoms with E-state index in [9.17, 15) is 10.2 Å². The van der Waals surface area contributed by atoms with E-state index in [0.717, 1.165) is 37.9 Å². The number of aliphatic hydroxyl groups excluding tert-OH is 1. The van der Waals surface area contributed by atoms with E-state index in [2.05, 4.69) is 13.8 Å². The normalized spacial score (nSPS) is 41.8. The van der Waals surface area contributed by atoms with Gasteiger partial charge in [-0.3, -0.25) is 0 Å². The smallest absolute Gasteiger partial charge is 0.126 e. The Balaban J connectivity index is 1.80. The zero-order chi connectivity index (χ0) is 16.4. The van der Waals surface area contributed by atoms with Gasteiger partial charge >= 0.3 is 0 Å². The molecule has 1 aromatic carbocycles. The number of phenolic OH excluding ortho intramolecular Hbond substituents is 1. The van der Waals surface area contributed by atoms with E-state index in [1.807, 2.05) is 6.07 Å². The van der Waals surface area contributed by atoms with Crippen molar-refractivity contribution in [2.24, 2.45) is 23.2 Å². The van der Waals surface area contributed by atoms with E-state index in [0.29, 0.717) is 29.4 Å². The molecule has 1 aromatic rings. The van der Waals surface area contributed by atoms with E-state index >= 15 is 0 Å². The molecule has 3 aliphatic carbocycles. The molecule has 6 atom stereocenters. The molecular weight excluding hydrogens is 288 g/mol. The van der Waals surface area contributed by atoms with Gasteiger partial charge in [-0.05, 0) is 72.8 Å². The van der Waals surface area contributed by atoms with E-state index in [4.69, 9.17) is 4.74 Å². The van der Waals surface area contributed by atoms with E-state index in [1.54, 1.807) is 13.2 Å². The zero-order valence-corrected chi connectivity index (χ0v) is 14.4. The predicted molar refractivity (Wildman–Crippen MR) is 89.8 cm³/mol. The Kier molecular flexibility index (Phi) is 3.42. The molecule has 3 nitrogen and oxygen atoms in total. The lowest BCUT2D eigenvalue weighted by molar-refractivity contribution is -0.0359. The number of aliphatic hydroxyl groups is 1. The fourth-order valence-corrected chi connectivity index (χ4v) is 6.21. The molecule has 0 spiro atoms. The number of hydrogen-bond acceptors (Lipinski definition) is 3. The molecule has 0 saturated heterocycles. The highest BCUT2D eigenvalue weighted by Gasteiger charge is 2.56. The molecular formula is C20H28O3. The van der Waals surface area contributed by atoms with Crippen LogP contribution in [-0.2, 0) is 6.42 Å². The number of aromatic hydroxyl groups is 1. The van der Waals surface area contributed by atoms with Crippen LogP contribution in [0.5, 0.6) is 11.5 Å². The summed E-state index contributed by atoms with van der Waals surface area (Å²) in [4.78, 5) is 0. The van der Waals surface area contributed by atoms with Crippen molar-refractivity contribution in [3.05, 3.63) is 23.3 Å². The monoisotopic (exact) mass is 316 g/mol. The van der Waals surface area contributed by atoms with Gasteiger partial charge in [0.1, 0.15) is 11.5 Å². The lowest BCUT2D eigenvalue weighted by Gasteiger charge is -2.52. The van der Waals surface area contributed by atoms with E-state index in [-0.39, 0.29) is 11.5 Å². The molecule has 0 aromatic heterocycles. The van der Waals surface area contributed by atoms with Crippen LogP contribution in [0, 0.1) is 23.2 Å². The summed E-state index contributed by atoms with van der Waals surface area (Å²) in [5.41, 5.74) is 2.69. The second-order valence-electron chi connectivity index (χ2n) is 8.33. The number of fused-ring (bicyclic) bond motifs is 5. The molecule has 2 fully saturated rings. The maximum atomic E-state index is 10.5. The van der Waals surface area contributed by atoms with E-state index in [1.165, 1.54) is 11.1 Å². The van der Waals surface area contributed by atoms with Gasteiger partial charge in [0, 0.05) is 11.6 Å². The molecule has 3 heteroatoms. The van der Waals surface area contributed by atoms with Crippen molar-refractivity contribution in [3.63, 3.8) is 0 Å². The van der Waals surface area contributed by atoms with Crippen molar-refractivity contribution in [1.29, 1.82) is 0 Å². The van der Waals surface area contributed by atoms with Gasteiger partial charge in [0.15, 0.2) is 0 Å². The Morgan fingerprint density at radius 2 is 2.00 bits per heavy atom. The van der Waals surface area contributed by atoms with Crippen LogP contribution >= 0.6 is 0 Å². The van der Waals surface area contributed by atoms with Gasteiger partial charge < -0.3 is 14.9 Å². The first-order valence-corrected chi connectivity index (χ1v) is 9.03. The van der Waals surface area contributed by atoms with Crippen LogP contribution in [-0.4, -0.2) is 23.4 Å². The fraction of sp³-hybridized carbons (Fsp3) is 0.700. The molecule has 23 heavy (non-hydrogen) atoms. The van der Waals surface area contributed by atoms with Gasteiger partial charge in [-0.2, -0.15) is 0 Å². The highest BCUT2D eigenvalue weighted by Crippen LogP contribution is 2.63. The second kappa shape index (κ2) is 5.14. The first-order valence-electron chi connectivity index (χ1n) is 9.03. The zero-order valence-electron chi connectivity index (χ0n) is 14.4. The maximum Gasteiger partial charge on any atom is 0.126 e. The number of hydrogen-bond donors (Lipinski definition) is 2. The average molecular weight is 316 g/mol. The molecule has 1 unspecified atom stereocenters. The van der Waals surface area contributed by atoms with Gasteiger partial charge in [-0.15, -0.1) is 0 Å². The minimum atomic E-state index is -0.135. The van der Waals surface area contributed by atoms with Crippen LogP contribution in [0.15, 0.2) is 12.1 Å². The molecule has 2 saturated carbocycles. The van der Waals surface area contributed by atoms with Gasteiger partial charge in [0.25, 0.3) is 0 Å². The van der Waals surface area contributed by atoms with Crippen LogP contribution < -0.4 is 4.74 Å². The van der Waals surface area contributed by atoms with Crippen LogP contribution in [0.4, 0.5) is 0 Å². The summed E-state index contributed by atoms with van der Waals surface area (Å²) in [6.07, 6.45) is 5.19. The maximum absolute atomic E-state index is 10.5. The summed E-state index contributed by atoms with van der Waals surface area (Å²) in [5, 5.41) is 20.5. The Labute approximate surface area is 138 Å². The number of methoxy groups -OCH3 is 1. The van der Waals surface area contributed by atoms with Gasteiger partial charge in [-0.25, -0.2) is 0 Å². The minimum Gasteiger partial charge on any atom is -0.508 e.